The van der Waals surface area contributed by atoms with Crippen LogP contribution in [0.1, 0.15) is 12.6 Å². The Morgan fingerprint density at radius 1 is 1.92 bits per heavy atom. The molecule has 1 heterocycles. The van der Waals surface area contributed by atoms with E-state index in [4.69, 9.17) is 5.84 Å². The van der Waals surface area contributed by atoms with Crippen LogP contribution in [-0.4, -0.2) is 15.9 Å². The predicted octanol–water partition coefficient (Wildman–Crippen LogP) is -0.422. The summed E-state index contributed by atoms with van der Waals surface area (Å²) in [5, 5.41) is 0. The van der Waals surface area contributed by atoms with E-state index >= 15 is 0 Å². The highest BCUT2D eigenvalue weighted by molar-refractivity contribution is 5.77. The highest BCUT2D eigenvalue weighted by Crippen LogP contribution is 2.03. The smallest absolute Gasteiger partial charge is 0.237 e. The molecule has 5 heteroatoms. The van der Waals surface area contributed by atoms with Crippen molar-refractivity contribution in [3.05, 3.63) is 18.2 Å². The number of nitrogens with one attached hydrogen (secondary N) is 2. The van der Waals surface area contributed by atoms with Gasteiger partial charge in [0.05, 0.1) is 12.0 Å². The van der Waals surface area contributed by atoms with Crippen molar-refractivity contribution in [1.29, 1.82) is 0 Å². The lowest BCUT2D eigenvalue weighted by molar-refractivity contribution is -0.124. The van der Waals surface area contributed by atoms with Gasteiger partial charge in [-0.2, -0.15) is 0 Å². The highest BCUT2D eigenvalue weighted by atomic mass is 16.2. The van der Waals surface area contributed by atoms with Crippen molar-refractivity contribution >= 4 is 5.91 Å². The molecule has 1 amide bonds. The normalized spacial score (nSPS) is 12.5. The van der Waals surface area contributed by atoms with Crippen LogP contribution in [0.5, 0.6) is 0 Å². The van der Waals surface area contributed by atoms with E-state index in [1.165, 1.54) is 0 Å². The number of amides is 1. The lowest BCUT2D eigenvalue weighted by Gasteiger charge is -2.06. The maximum Gasteiger partial charge on any atom is 0.237 e. The molecule has 1 aromatic heterocycles. The third-order valence-corrected chi connectivity index (χ3v) is 1.66. The number of hydrazine groups is 1. The van der Waals surface area contributed by atoms with Gasteiger partial charge in [-0.3, -0.25) is 10.2 Å². The second-order valence-electron chi connectivity index (χ2n) is 2.67. The quantitative estimate of drug-likeness (QED) is 0.325. The number of hydrogen-bond donors (Lipinski definition) is 3. The topological polar surface area (TPSA) is 83.8 Å². The van der Waals surface area contributed by atoms with E-state index in [9.17, 15) is 4.79 Å². The van der Waals surface area contributed by atoms with Crippen LogP contribution in [0.15, 0.2) is 12.5 Å². The Morgan fingerprint density at radius 3 is 3.17 bits per heavy atom. The van der Waals surface area contributed by atoms with Crippen molar-refractivity contribution in [3.8, 4) is 0 Å². The van der Waals surface area contributed by atoms with Gasteiger partial charge in [-0.25, -0.2) is 10.8 Å². The fraction of sp³-hybridized carbons (Fsp3) is 0.429. The zero-order valence-corrected chi connectivity index (χ0v) is 6.87. The molecule has 1 atom stereocenters. The zero-order chi connectivity index (χ0) is 8.97. The number of nitrogens with two attached hydrogens (primary N) is 1. The molecule has 0 aliphatic heterocycles. The lowest BCUT2D eigenvalue weighted by Crippen LogP contribution is -2.35. The largest absolute Gasteiger partial charge is 0.351 e. The summed E-state index contributed by atoms with van der Waals surface area (Å²) in [4.78, 5) is 17.8. The monoisotopic (exact) mass is 168 g/mol. The number of aromatic nitrogens is 2. The summed E-state index contributed by atoms with van der Waals surface area (Å²) in [7, 11) is 0. The summed E-state index contributed by atoms with van der Waals surface area (Å²) in [6.45, 7) is 1.80. The number of aromatic amines is 1. The van der Waals surface area contributed by atoms with Gasteiger partial charge in [0, 0.05) is 18.5 Å². The molecular formula is C7H12N4O. The molecule has 5 nitrogen and oxygen atoms in total. The van der Waals surface area contributed by atoms with E-state index in [1.54, 1.807) is 19.4 Å². The van der Waals surface area contributed by atoms with Crippen LogP contribution < -0.4 is 11.3 Å². The molecule has 1 unspecified atom stereocenters. The summed E-state index contributed by atoms with van der Waals surface area (Å²) in [6.07, 6.45) is 3.95. The van der Waals surface area contributed by atoms with Gasteiger partial charge in [-0.05, 0) is 0 Å². The van der Waals surface area contributed by atoms with Gasteiger partial charge in [0.25, 0.3) is 0 Å². The minimum absolute atomic E-state index is 0.140. The van der Waals surface area contributed by atoms with Crippen molar-refractivity contribution in [2.45, 2.75) is 13.3 Å². The van der Waals surface area contributed by atoms with Gasteiger partial charge < -0.3 is 4.98 Å². The fourth-order valence-corrected chi connectivity index (χ4v) is 0.951. The molecule has 0 spiro atoms. The van der Waals surface area contributed by atoms with E-state index in [-0.39, 0.29) is 11.8 Å². The summed E-state index contributed by atoms with van der Waals surface area (Å²) >= 11 is 0. The second kappa shape index (κ2) is 3.87. The first kappa shape index (κ1) is 8.73. The number of hydrogen-bond acceptors (Lipinski definition) is 3. The molecule has 12 heavy (non-hydrogen) atoms. The number of H-pyrrole nitrogens is 1. The van der Waals surface area contributed by atoms with Crippen LogP contribution in [0.25, 0.3) is 0 Å². The van der Waals surface area contributed by atoms with Crippen LogP contribution in [0.2, 0.25) is 0 Å². The molecule has 0 radical (unpaired) electrons. The third kappa shape index (κ3) is 2.06. The van der Waals surface area contributed by atoms with Crippen molar-refractivity contribution < 1.29 is 4.79 Å². The molecule has 0 bridgehead atoms. The van der Waals surface area contributed by atoms with Crippen molar-refractivity contribution in [1.82, 2.24) is 15.4 Å². The van der Waals surface area contributed by atoms with Gasteiger partial charge in [0.2, 0.25) is 5.91 Å². The lowest BCUT2D eigenvalue weighted by atomic mass is 10.1. The molecule has 0 fully saturated rings. The number of rotatable bonds is 3. The Balaban J connectivity index is 2.47. The summed E-state index contributed by atoms with van der Waals surface area (Å²) in [6, 6.07) is 0. The Bertz CT molecular complexity index is 244. The Hall–Kier alpha value is -1.36. The Morgan fingerprint density at radius 2 is 2.67 bits per heavy atom. The van der Waals surface area contributed by atoms with Crippen LogP contribution in [0.3, 0.4) is 0 Å². The first-order valence-electron chi connectivity index (χ1n) is 3.72. The molecule has 4 N–H and O–H groups in total. The summed E-state index contributed by atoms with van der Waals surface area (Å²) in [5.74, 6) is 4.67. The van der Waals surface area contributed by atoms with E-state index in [2.05, 4.69) is 15.4 Å². The van der Waals surface area contributed by atoms with E-state index < -0.39 is 0 Å². The minimum atomic E-state index is -0.169. The molecular weight excluding hydrogens is 156 g/mol. The Labute approximate surface area is 70.3 Å². The van der Waals surface area contributed by atoms with Crippen LogP contribution in [0.4, 0.5) is 0 Å². The Kier molecular flexibility index (Phi) is 2.82. The van der Waals surface area contributed by atoms with E-state index in [0.29, 0.717) is 6.42 Å². The number of nitrogens with zero attached hydrogens (tertiary/aromatic N) is 1. The molecule has 66 valence electrons. The molecule has 0 aliphatic carbocycles. The maximum atomic E-state index is 11.0. The zero-order valence-electron chi connectivity index (χ0n) is 6.87. The van der Waals surface area contributed by atoms with E-state index in [0.717, 1.165) is 5.69 Å². The van der Waals surface area contributed by atoms with Crippen LogP contribution in [0, 0.1) is 5.92 Å². The SMILES string of the molecule is CC(Cc1c[nH]cn1)C(=O)NN. The van der Waals surface area contributed by atoms with E-state index in [1.807, 2.05) is 0 Å². The predicted molar refractivity (Wildman–Crippen MR) is 43.8 cm³/mol. The average molecular weight is 168 g/mol. The standard InChI is InChI=1S/C7H12N4O/c1-5(7(12)11-8)2-6-3-9-4-10-6/h3-5H,2,8H2,1H3,(H,9,10)(H,11,12). The number of imidazole rings is 1. The third-order valence-electron chi connectivity index (χ3n) is 1.66. The van der Waals surface area contributed by atoms with Gasteiger partial charge >= 0.3 is 0 Å². The summed E-state index contributed by atoms with van der Waals surface area (Å²) < 4.78 is 0. The number of carbonyl (C=O) groups excluding carboxylic acids is 1. The van der Waals surface area contributed by atoms with Crippen molar-refractivity contribution in [3.63, 3.8) is 0 Å². The minimum Gasteiger partial charge on any atom is -0.351 e. The molecule has 1 aromatic rings. The molecule has 0 saturated heterocycles. The van der Waals surface area contributed by atoms with Crippen LogP contribution >= 0.6 is 0 Å². The maximum absolute atomic E-state index is 11.0. The van der Waals surface area contributed by atoms with Crippen LogP contribution in [-0.2, 0) is 11.2 Å². The summed E-state index contributed by atoms with van der Waals surface area (Å²) in [5.41, 5.74) is 2.97. The second-order valence-corrected chi connectivity index (χ2v) is 2.67. The average Bonchev–Trinajstić information content (AvgIpc) is 2.55. The number of carbonyl (C=O) groups is 1. The molecule has 1 rings (SSSR count). The fourth-order valence-electron chi connectivity index (χ4n) is 0.951. The highest BCUT2D eigenvalue weighted by Gasteiger charge is 2.12. The van der Waals surface area contributed by atoms with Crippen molar-refractivity contribution in [2.75, 3.05) is 0 Å². The first-order valence-corrected chi connectivity index (χ1v) is 3.72. The molecule has 0 aliphatic rings. The van der Waals surface area contributed by atoms with Gasteiger partial charge in [-0.1, -0.05) is 6.92 Å². The first-order chi connectivity index (χ1) is 5.74. The van der Waals surface area contributed by atoms with Gasteiger partial charge in [0.1, 0.15) is 0 Å². The molecule has 0 saturated carbocycles. The van der Waals surface area contributed by atoms with Gasteiger partial charge in [-0.15, -0.1) is 0 Å². The van der Waals surface area contributed by atoms with Gasteiger partial charge in [0.15, 0.2) is 0 Å². The van der Waals surface area contributed by atoms with Crippen molar-refractivity contribution in [2.24, 2.45) is 11.8 Å². The molecule has 0 aromatic carbocycles.